The van der Waals surface area contributed by atoms with Gasteiger partial charge in [-0.2, -0.15) is 0 Å². The molecule has 8 bridgehead atoms. The smallest absolute Gasteiger partial charge is 0.169 e. The molecule has 5 aliphatic rings. The number of allylic oxidation sites excluding steroid dienone is 12. The minimum atomic E-state index is -1.50. The first-order valence-corrected chi connectivity index (χ1v) is 10.2. The molecule has 6 rings (SSSR count). The second-order valence-corrected chi connectivity index (χ2v) is 7.79. The van der Waals surface area contributed by atoms with Crippen LogP contribution in [0.2, 0.25) is 0 Å². The number of rotatable bonds is 1. The third-order valence-electron chi connectivity index (χ3n) is 5.42. The lowest BCUT2D eigenvalue weighted by molar-refractivity contribution is 0.450. The van der Waals surface area contributed by atoms with E-state index in [0.29, 0.717) is 34.2 Å². The molecule has 1 aromatic rings. The van der Waals surface area contributed by atoms with E-state index in [1.165, 1.54) is 12.2 Å². The highest BCUT2D eigenvalue weighted by Crippen LogP contribution is 2.33. The summed E-state index contributed by atoms with van der Waals surface area (Å²) in [6.45, 7) is 0. The number of halogens is 4. The van der Waals surface area contributed by atoms with Gasteiger partial charge in [-0.3, -0.25) is 0 Å². The van der Waals surface area contributed by atoms with Crippen molar-refractivity contribution in [2.75, 3.05) is 0 Å². The molecular formula is C26H12F4N4. The highest BCUT2D eigenvalue weighted by Gasteiger charge is 2.27. The second-order valence-electron chi connectivity index (χ2n) is 7.79. The molecule has 0 saturated heterocycles. The van der Waals surface area contributed by atoms with Crippen LogP contribution in [0, 0.1) is 23.3 Å². The quantitative estimate of drug-likeness (QED) is 0.387. The summed E-state index contributed by atoms with van der Waals surface area (Å²) in [4.78, 5) is 17.9. The molecule has 0 spiro atoms. The van der Waals surface area contributed by atoms with E-state index in [2.05, 4.69) is 20.0 Å². The summed E-state index contributed by atoms with van der Waals surface area (Å²) >= 11 is 0. The molecule has 0 amide bonds. The molecule has 1 aromatic carbocycles. The lowest BCUT2D eigenvalue weighted by Gasteiger charge is -2.08. The Morgan fingerprint density at radius 1 is 0.471 bits per heavy atom. The molecule has 0 saturated carbocycles. The van der Waals surface area contributed by atoms with Gasteiger partial charge in [-0.05, 0) is 66.8 Å². The predicted molar refractivity (Wildman–Crippen MR) is 124 cm³/mol. The largest absolute Gasteiger partial charge is 0.249 e. The van der Waals surface area contributed by atoms with E-state index in [-0.39, 0.29) is 17.4 Å². The molecule has 0 aliphatic carbocycles. The lowest BCUT2D eigenvalue weighted by Crippen LogP contribution is -2.06. The van der Waals surface area contributed by atoms with Gasteiger partial charge in [0.15, 0.2) is 23.3 Å². The highest BCUT2D eigenvalue weighted by molar-refractivity contribution is 6.32. The van der Waals surface area contributed by atoms with Gasteiger partial charge in [-0.25, -0.2) is 37.5 Å². The van der Waals surface area contributed by atoms with Gasteiger partial charge in [0.05, 0.1) is 51.2 Å². The Morgan fingerprint density at radius 3 is 1.47 bits per heavy atom. The van der Waals surface area contributed by atoms with E-state index in [9.17, 15) is 17.6 Å². The minimum absolute atomic E-state index is 0.0993. The maximum absolute atomic E-state index is 14.6. The first kappa shape index (κ1) is 20.2. The molecule has 0 atom stereocenters. The molecular weight excluding hydrogens is 444 g/mol. The molecule has 8 heteroatoms. The minimum Gasteiger partial charge on any atom is -0.249 e. The van der Waals surface area contributed by atoms with Gasteiger partial charge in [0.2, 0.25) is 0 Å². The summed E-state index contributed by atoms with van der Waals surface area (Å²) in [6, 6.07) is 0.179. The van der Waals surface area contributed by atoms with Crippen LogP contribution in [0.15, 0.2) is 116 Å². The maximum Gasteiger partial charge on any atom is 0.169 e. The van der Waals surface area contributed by atoms with Crippen LogP contribution in [-0.4, -0.2) is 22.8 Å². The maximum atomic E-state index is 14.6. The van der Waals surface area contributed by atoms with Gasteiger partial charge in [0, 0.05) is 11.6 Å². The lowest BCUT2D eigenvalue weighted by atomic mass is 9.99. The van der Waals surface area contributed by atoms with Crippen molar-refractivity contribution in [1.82, 2.24) is 0 Å². The van der Waals surface area contributed by atoms with Gasteiger partial charge in [0.25, 0.3) is 0 Å². The zero-order valence-electron chi connectivity index (χ0n) is 17.2. The van der Waals surface area contributed by atoms with E-state index < -0.39 is 28.8 Å². The fraction of sp³-hybridized carbons (Fsp3) is 0. The summed E-state index contributed by atoms with van der Waals surface area (Å²) in [5, 5.41) is 0. The van der Waals surface area contributed by atoms with E-state index in [1.807, 2.05) is 18.2 Å². The van der Waals surface area contributed by atoms with Crippen molar-refractivity contribution in [3.63, 3.8) is 0 Å². The molecule has 0 aromatic heterocycles. The first-order valence-electron chi connectivity index (χ1n) is 10.2. The average molecular weight is 456 g/mol. The van der Waals surface area contributed by atoms with E-state index in [0.717, 1.165) is 5.71 Å². The van der Waals surface area contributed by atoms with Crippen LogP contribution < -0.4 is 0 Å². The Kier molecular flexibility index (Phi) is 4.48. The van der Waals surface area contributed by atoms with Gasteiger partial charge < -0.3 is 0 Å². The third kappa shape index (κ3) is 3.49. The van der Waals surface area contributed by atoms with Gasteiger partial charge >= 0.3 is 0 Å². The molecule has 34 heavy (non-hydrogen) atoms. The zero-order valence-corrected chi connectivity index (χ0v) is 17.2. The fourth-order valence-corrected chi connectivity index (χ4v) is 3.91. The molecule has 0 radical (unpaired) electrons. The summed E-state index contributed by atoms with van der Waals surface area (Å²) in [5.41, 5.74) is 3.22. The topological polar surface area (TPSA) is 49.4 Å². The molecule has 5 heterocycles. The first-order chi connectivity index (χ1) is 16.4. The Hall–Kier alpha value is -4.46. The summed E-state index contributed by atoms with van der Waals surface area (Å²) in [5.74, 6) is -5.98. The molecule has 0 N–H and O–H groups in total. The van der Waals surface area contributed by atoms with Crippen LogP contribution in [0.25, 0.3) is 5.57 Å². The van der Waals surface area contributed by atoms with Crippen molar-refractivity contribution in [3.05, 3.63) is 125 Å². The standard InChI is InChI=1S/C26H12F4N4/c27-21-12-22(28)26(30)24(25(21)29)20-10-19-9-17-4-3-15(32-17)7-13-1-2-14(31-13)8-16-5-6-18(33-16)11-23(20)34-19/h1-12H. The number of hydrogen-bond acceptors (Lipinski definition) is 4. The Balaban J connectivity index is 1.55. The number of nitrogens with zero attached hydrogens (tertiary/aromatic N) is 4. The monoisotopic (exact) mass is 456 g/mol. The SMILES string of the molecule is Fc1cc(F)c(F)c(C2=CC3=CC4=NC(=CC5=NC(=CC6=NC(=CC2=N3)C=C6)C=C5)C=C4)c1F. The van der Waals surface area contributed by atoms with Crippen molar-refractivity contribution in [2.24, 2.45) is 20.0 Å². The van der Waals surface area contributed by atoms with Gasteiger partial charge in [-0.1, -0.05) is 0 Å². The number of benzene rings is 1. The van der Waals surface area contributed by atoms with E-state index in [4.69, 9.17) is 0 Å². The number of aliphatic imine (C=N–C) groups is 4. The summed E-state index contributed by atoms with van der Waals surface area (Å²) in [6.07, 6.45) is 18.8. The molecule has 0 unspecified atom stereocenters. The number of hydrogen-bond donors (Lipinski definition) is 0. The summed E-state index contributed by atoms with van der Waals surface area (Å²) in [7, 11) is 0. The van der Waals surface area contributed by atoms with Crippen LogP contribution in [0.3, 0.4) is 0 Å². The Labute approximate surface area is 190 Å². The van der Waals surface area contributed by atoms with E-state index >= 15 is 0 Å². The van der Waals surface area contributed by atoms with Crippen LogP contribution in [0.5, 0.6) is 0 Å². The van der Waals surface area contributed by atoms with Crippen molar-refractivity contribution < 1.29 is 17.6 Å². The fourth-order valence-electron chi connectivity index (χ4n) is 3.91. The molecule has 0 fully saturated rings. The van der Waals surface area contributed by atoms with Crippen molar-refractivity contribution in [2.45, 2.75) is 0 Å². The van der Waals surface area contributed by atoms with Gasteiger partial charge in [-0.15, -0.1) is 0 Å². The third-order valence-corrected chi connectivity index (χ3v) is 5.42. The van der Waals surface area contributed by atoms with E-state index in [1.54, 1.807) is 36.5 Å². The van der Waals surface area contributed by atoms with Crippen LogP contribution >= 0.6 is 0 Å². The van der Waals surface area contributed by atoms with Crippen molar-refractivity contribution in [3.8, 4) is 0 Å². The molecule has 164 valence electrons. The average Bonchev–Trinajstić information content (AvgIpc) is 3.58. The van der Waals surface area contributed by atoms with Crippen LogP contribution in [-0.2, 0) is 0 Å². The Bertz CT molecular complexity index is 1540. The highest BCUT2D eigenvalue weighted by atomic mass is 19.2. The molecule has 4 nitrogen and oxygen atoms in total. The Morgan fingerprint density at radius 2 is 0.941 bits per heavy atom. The van der Waals surface area contributed by atoms with Crippen LogP contribution in [0.4, 0.5) is 17.6 Å². The van der Waals surface area contributed by atoms with Crippen molar-refractivity contribution in [1.29, 1.82) is 0 Å². The van der Waals surface area contributed by atoms with Crippen LogP contribution in [0.1, 0.15) is 5.56 Å². The normalized spacial score (nSPS) is 19.8. The zero-order chi connectivity index (χ0) is 23.4. The molecule has 5 aliphatic heterocycles. The summed E-state index contributed by atoms with van der Waals surface area (Å²) < 4.78 is 57.2. The van der Waals surface area contributed by atoms with Gasteiger partial charge in [0.1, 0.15) is 0 Å². The number of fused-ring (bicyclic) bond motifs is 4. The predicted octanol–water partition coefficient (Wildman–Crippen LogP) is 5.66. The second kappa shape index (κ2) is 7.55. The van der Waals surface area contributed by atoms with Crippen molar-refractivity contribution >= 4 is 28.4 Å².